The number of amides is 2. The third-order valence-electron chi connectivity index (χ3n) is 3.84. The number of halogens is 3. The van der Waals surface area contributed by atoms with E-state index in [0.29, 0.717) is 16.3 Å². The van der Waals surface area contributed by atoms with Gasteiger partial charge in [0.1, 0.15) is 10.7 Å². The van der Waals surface area contributed by atoms with Gasteiger partial charge in [0.15, 0.2) is 0 Å². The molecule has 1 aliphatic heterocycles. The minimum atomic E-state index is -0.707. The minimum absolute atomic E-state index is 0.0958. The van der Waals surface area contributed by atoms with Gasteiger partial charge in [0.2, 0.25) is 0 Å². The van der Waals surface area contributed by atoms with Crippen molar-refractivity contribution in [1.29, 1.82) is 0 Å². The summed E-state index contributed by atoms with van der Waals surface area (Å²) in [5.74, 6) is -1.82. The molecule has 0 saturated carbocycles. The molecule has 3 rings (SSSR count). The number of hydrogen-bond acceptors (Lipinski definition) is 5. The van der Waals surface area contributed by atoms with Crippen molar-refractivity contribution in [3.05, 3.63) is 68.8 Å². The van der Waals surface area contributed by atoms with E-state index in [1.165, 1.54) is 30.3 Å². The minimum Gasteiger partial charge on any atom is -0.462 e. The topological polar surface area (TPSA) is 75.7 Å². The van der Waals surface area contributed by atoms with Crippen LogP contribution in [0.1, 0.15) is 17.3 Å². The lowest BCUT2D eigenvalue weighted by molar-refractivity contribution is -0.120. The number of carbonyl (C=O) groups excluding carboxylic acids is 3. The molecular weight excluding hydrogens is 427 g/mol. The maximum atomic E-state index is 12.8. The van der Waals surface area contributed by atoms with Gasteiger partial charge in [-0.15, -0.1) is 0 Å². The Kier molecular flexibility index (Phi) is 5.93. The van der Waals surface area contributed by atoms with Crippen LogP contribution in [-0.4, -0.2) is 24.4 Å². The Balaban J connectivity index is 1.84. The molecule has 0 unspecified atom stereocenters. The molecule has 0 saturated heterocycles. The van der Waals surface area contributed by atoms with Gasteiger partial charge in [-0.25, -0.2) is 9.69 Å². The zero-order valence-electron chi connectivity index (χ0n) is 14.5. The van der Waals surface area contributed by atoms with E-state index in [4.69, 9.17) is 39.5 Å². The molecule has 1 aliphatic rings. The number of rotatable bonds is 5. The van der Waals surface area contributed by atoms with Gasteiger partial charge in [-0.1, -0.05) is 34.8 Å². The molecule has 0 aromatic heterocycles. The van der Waals surface area contributed by atoms with Gasteiger partial charge in [0.25, 0.3) is 11.8 Å². The average molecular weight is 440 g/mol. The van der Waals surface area contributed by atoms with Gasteiger partial charge < -0.3 is 10.1 Å². The van der Waals surface area contributed by atoms with Crippen molar-refractivity contribution >= 4 is 64.0 Å². The molecular formula is C19H13Cl3N2O4. The highest BCUT2D eigenvalue weighted by atomic mass is 35.5. The van der Waals surface area contributed by atoms with E-state index in [2.05, 4.69) is 5.32 Å². The number of anilines is 2. The Morgan fingerprint density at radius 3 is 2.32 bits per heavy atom. The summed E-state index contributed by atoms with van der Waals surface area (Å²) in [4.78, 5) is 37.8. The predicted octanol–water partition coefficient (Wildman–Crippen LogP) is 4.61. The summed E-state index contributed by atoms with van der Waals surface area (Å²) >= 11 is 18.1. The fourth-order valence-corrected chi connectivity index (χ4v) is 3.25. The molecule has 0 atom stereocenters. The Bertz CT molecular complexity index is 1000. The number of imide groups is 1. The van der Waals surface area contributed by atoms with Crippen LogP contribution in [0.2, 0.25) is 10.0 Å². The Labute approximate surface area is 175 Å². The third kappa shape index (κ3) is 3.85. The van der Waals surface area contributed by atoms with Crippen molar-refractivity contribution in [2.75, 3.05) is 16.8 Å². The summed E-state index contributed by atoms with van der Waals surface area (Å²) in [6.07, 6.45) is 0. The lowest BCUT2D eigenvalue weighted by atomic mass is 10.2. The normalized spacial score (nSPS) is 13.9. The first-order valence-electron chi connectivity index (χ1n) is 8.11. The number of carbonyl (C=O) groups is 3. The standard InChI is InChI=1S/C19H13Cl3N2O4/c1-2-28-19(27)10-3-6-12(7-4-10)23-16-15(22)17(25)24(18(16)26)14-8-5-11(20)9-13(14)21/h3-9,23H,2H2,1H3. The molecule has 9 heteroatoms. The van der Waals surface area contributed by atoms with Crippen LogP contribution in [0, 0.1) is 0 Å². The molecule has 0 radical (unpaired) electrons. The first-order chi connectivity index (χ1) is 13.3. The molecule has 1 heterocycles. The molecule has 2 aromatic carbocycles. The molecule has 0 fully saturated rings. The van der Waals surface area contributed by atoms with Gasteiger partial charge in [-0.2, -0.15) is 0 Å². The quantitative estimate of drug-likeness (QED) is 0.544. The summed E-state index contributed by atoms with van der Waals surface area (Å²) in [5.41, 5.74) is 0.900. The van der Waals surface area contributed by atoms with Crippen molar-refractivity contribution in [2.24, 2.45) is 0 Å². The highest BCUT2D eigenvalue weighted by Crippen LogP contribution is 2.35. The summed E-state index contributed by atoms with van der Waals surface area (Å²) in [6, 6.07) is 10.6. The molecule has 2 aromatic rings. The van der Waals surface area contributed by atoms with Gasteiger partial charge in [0, 0.05) is 10.7 Å². The van der Waals surface area contributed by atoms with Crippen LogP contribution in [0.4, 0.5) is 11.4 Å². The second-order valence-electron chi connectivity index (χ2n) is 5.65. The number of hydrogen-bond donors (Lipinski definition) is 1. The zero-order chi connectivity index (χ0) is 20.4. The second kappa shape index (κ2) is 8.22. The predicted molar refractivity (Wildman–Crippen MR) is 108 cm³/mol. The summed E-state index contributed by atoms with van der Waals surface area (Å²) in [5, 5.41) is 3.05. The van der Waals surface area contributed by atoms with Crippen molar-refractivity contribution < 1.29 is 19.1 Å². The summed E-state index contributed by atoms with van der Waals surface area (Å²) < 4.78 is 4.91. The third-order valence-corrected chi connectivity index (χ3v) is 4.73. The van der Waals surface area contributed by atoms with E-state index in [1.807, 2.05) is 0 Å². The molecule has 0 bridgehead atoms. The number of esters is 1. The Hall–Kier alpha value is -2.54. The molecule has 144 valence electrons. The number of benzene rings is 2. The van der Waals surface area contributed by atoms with E-state index >= 15 is 0 Å². The van der Waals surface area contributed by atoms with Gasteiger partial charge in [0.05, 0.1) is 22.9 Å². The maximum absolute atomic E-state index is 12.8. The van der Waals surface area contributed by atoms with Crippen molar-refractivity contribution in [1.82, 2.24) is 0 Å². The number of nitrogens with one attached hydrogen (secondary N) is 1. The molecule has 28 heavy (non-hydrogen) atoms. The largest absolute Gasteiger partial charge is 0.462 e. The van der Waals surface area contributed by atoms with Crippen molar-refractivity contribution in [3.63, 3.8) is 0 Å². The van der Waals surface area contributed by atoms with E-state index in [9.17, 15) is 14.4 Å². The Morgan fingerprint density at radius 2 is 1.71 bits per heavy atom. The van der Waals surface area contributed by atoms with Crippen LogP contribution in [0.3, 0.4) is 0 Å². The summed E-state index contributed by atoms with van der Waals surface area (Å²) in [6.45, 7) is 1.98. The SMILES string of the molecule is CCOC(=O)c1ccc(NC2=C(Cl)C(=O)N(c3ccc(Cl)cc3Cl)C2=O)cc1. The van der Waals surface area contributed by atoms with Gasteiger partial charge in [-0.3, -0.25) is 9.59 Å². The number of nitrogens with zero attached hydrogens (tertiary/aromatic N) is 1. The molecule has 0 aliphatic carbocycles. The molecule has 0 spiro atoms. The second-order valence-corrected chi connectivity index (χ2v) is 6.87. The molecule has 6 nitrogen and oxygen atoms in total. The van der Waals surface area contributed by atoms with E-state index in [0.717, 1.165) is 4.90 Å². The maximum Gasteiger partial charge on any atom is 0.338 e. The lowest BCUT2D eigenvalue weighted by Crippen LogP contribution is -2.32. The van der Waals surface area contributed by atoms with Crippen molar-refractivity contribution in [2.45, 2.75) is 6.92 Å². The number of ether oxygens (including phenoxy) is 1. The zero-order valence-corrected chi connectivity index (χ0v) is 16.7. The van der Waals surface area contributed by atoms with Crippen LogP contribution in [0.15, 0.2) is 53.2 Å². The monoisotopic (exact) mass is 438 g/mol. The Morgan fingerprint density at radius 1 is 1.04 bits per heavy atom. The molecule has 1 N–H and O–H groups in total. The van der Waals surface area contributed by atoms with Gasteiger partial charge >= 0.3 is 5.97 Å². The van der Waals surface area contributed by atoms with Crippen LogP contribution in [0.5, 0.6) is 0 Å². The fraction of sp³-hybridized carbons (Fsp3) is 0.105. The molecule has 2 amide bonds. The van der Waals surface area contributed by atoms with Crippen LogP contribution < -0.4 is 10.2 Å². The van der Waals surface area contributed by atoms with E-state index in [1.54, 1.807) is 19.1 Å². The fourth-order valence-electron chi connectivity index (χ4n) is 2.54. The first kappa shape index (κ1) is 20.2. The van der Waals surface area contributed by atoms with Gasteiger partial charge in [-0.05, 0) is 49.4 Å². The van der Waals surface area contributed by atoms with Crippen molar-refractivity contribution in [3.8, 4) is 0 Å². The first-order valence-corrected chi connectivity index (χ1v) is 9.24. The van der Waals surface area contributed by atoms with Crippen LogP contribution in [-0.2, 0) is 14.3 Å². The highest BCUT2D eigenvalue weighted by molar-refractivity contribution is 6.53. The average Bonchev–Trinajstić information content (AvgIpc) is 2.86. The summed E-state index contributed by atoms with van der Waals surface area (Å²) in [7, 11) is 0. The van der Waals surface area contributed by atoms with Crippen LogP contribution in [0.25, 0.3) is 0 Å². The van der Waals surface area contributed by atoms with Crippen LogP contribution >= 0.6 is 34.8 Å². The highest BCUT2D eigenvalue weighted by Gasteiger charge is 2.39. The smallest absolute Gasteiger partial charge is 0.338 e. The lowest BCUT2D eigenvalue weighted by Gasteiger charge is -2.16. The van der Waals surface area contributed by atoms with E-state index in [-0.39, 0.29) is 28.0 Å². The van der Waals surface area contributed by atoms with E-state index < -0.39 is 17.8 Å².